The number of H-pyrrole nitrogens is 1. The molecule has 0 aliphatic heterocycles. The number of nitrogens with zero attached hydrogens (tertiary/aromatic N) is 2. The van der Waals surface area contributed by atoms with Crippen LogP contribution < -0.4 is 9.67 Å². The van der Waals surface area contributed by atoms with Crippen LogP contribution in [0.25, 0.3) is 22.4 Å². The van der Waals surface area contributed by atoms with Crippen LogP contribution in [0.5, 0.6) is 0 Å². The number of aromatic amines is 1. The number of Topliss-reactive ketones (excluding diaryl/α,β-unsaturated/α-hetero) is 1. The number of rotatable bonds is 7. The van der Waals surface area contributed by atoms with Crippen molar-refractivity contribution >= 4 is 47.2 Å². The summed E-state index contributed by atoms with van der Waals surface area (Å²) in [7, 11) is 0. The van der Waals surface area contributed by atoms with Gasteiger partial charge >= 0.3 is 112 Å². The zero-order valence-corrected chi connectivity index (χ0v) is 21.7. The standard InChI is InChI=1S/C14H10FN3.C10H12AsNO5S/c15-12-3-1-11(2-4-12)14-13(9-17-18-14)10-5-7-16-8-6-10;1-7(13)5-10(18)12-9-4-2-3-8(6-9)11(14,15)17-16/h1-9H,(H,17,18);2-4,6,16H,5H2,1H3,(H,12,18)(H,14,15). The largest absolute Gasteiger partial charge is 0.277 e. The second-order valence-corrected chi connectivity index (χ2v) is 11.6. The zero-order valence-electron chi connectivity index (χ0n) is 19.0. The first-order valence-electron chi connectivity index (χ1n) is 10.4. The van der Waals surface area contributed by atoms with Crippen LogP contribution in [-0.4, -0.2) is 49.5 Å². The molecule has 4 aromatic rings. The number of benzene rings is 2. The van der Waals surface area contributed by atoms with E-state index in [1.165, 1.54) is 37.3 Å². The van der Waals surface area contributed by atoms with Crippen LogP contribution in [0, 0.1) is 5.82 Å². The second kappa shape index (κ2) is 12.5. The van der Waals surface area contributed by atoms with Gasteiger partial charge in [-0.15, -0.1) is 0 Å². The number of anilines is 1. The van der Waals surface area contributed by atoms with Gasteiger partial charge < -0.3 is 0 Å². The van der Waals surface area contributed by atoms with Crippen LogP contribution >= 0.6 is 12.2 Å². The Balaban J connectivity index is 0.000000201. The van der Waals surface area contributed by atoms with E-state index in [1.54, 1.807) is 36.8 Å². The van der Waals surface area contributed by atoms with Crippen molar-refractivity contribution in [2.45, 2.75) is 13.3 Å². The molecular weight excluding hydrogens is 550 g/mol. The van der Waals surface area contributed by atoms with E-state index in [9.17, 15) is 17.0 Å². The second-order valence-electron chi connectivity index (χ2n) is 7.48. The molecule has 2 heterocycles. The summed E-state index contributed by atoms with van der Waals surface area (Å²) in [5, 5.41) is 18.1. The third-order valence-corrected chi connectivity index (χ3v) is 7.40. The monoisotopic (exact) mass is 572 g/mol. The Morgan fingerprint density at radius 1 is 1.14 bits per heavy atom. The first-order valence-corrected chi connectivity index (χ1v) is 14.2. The van der Waals surface area contributed by atoms with Gasteiger partial charge in [-0.25, -0.2) is 4.39 Å². The summed E-state index contributed by atoms with van der Waals surface area (Å²) in [6.45, 7) is 1.41. The molecule has 1 atom stereocenters. The van der Waals surface area contributed by atoms with Crippen molar-refractivity contribution < 1.29 is 26.2 Å². The van der Waals surface area contributed by atoms with Crippen molar-refractivity contribution in [2.75, 3.05) is 5.32 Å². The number of thiocarbonyl (C=S) groups is 1. The number of carbonyl (C=O) groups is 1. The van der Waals surface area contributed by atoms with Crippen LogP contribution in [0.1, 0.15) is 13.3 Å². The average Bonchev–Trinajstić information content (AvgIpc) is 3.35. The minimum atomic E-state index is -4.86. The third-order valence-electron chi connectivity index (χ3n) is 4.74. The quantitative estimate of drug-likeness (QED) is 0.113. The molecule has 2 aromatic heterocycles. The molecule has 9 nitrogen and oxygen atoms in total. The van der Waals surface area contributed by atoms with E-state index in [1.807, 2.05) is 12.1 Å². The number of carbonyl (C=O) groups excluding carboxylic acids is 1. The van der Waals surface area contributed by atoms with E-state index in [0.29, 0.717) is 10.7 Å². The van der Waals surface area contributed by atoms with Crippen LogP contribution in [0.15, 0.2) is 79.3 Å². The van der Waals surface area contributed by atoms with Gasteiger partial charge in [0.1, 0.15) is 5.82 Å². The molecule has 0 radical (unpaired) electrons. The molecule has 2 aromatic carbocycles. The molecule has 0 saturated carbocycles. The van der Waals surface area contributed by atoms with Crippen molar-refractivity contribution in [3.05, 3.63) is 85.1 Å². The number of nitrogens with one attached hydrogen (secondary N) is 2. The maximum absolute atomic E-state index is 12.9. The van der Waals surface area contributed by atoms with E-state index in [4.69, 9.17) is 17.5 Å². The van der Waals surface area contributed by atoms with Crippen molar-refractivity contribution in [1.82, 2.24) is 15.2 Å². The minimum Gasteiger partial charge on any atom is -0.277 e. The molecule has 4 rings (SSSR count). The topological polar surface area (TPSA) is 137 Å². The van der Waals surface area contributed by atoms with Gasteiger partial charge in [0, 0.05) is 23.5 Å². The summed E-state index contributed by atoms with van der Waals surface area (Å²) in [5.74, 6) is -0.331. The Labute approximate surface area is 214 Å². The Morgan fingerprint density at radius 2 is 1.83 bits per heavy atom. The smallest absolute Gasteiger partial charge is 0.123 e. The molecule has 0 amide bonds. The first-order chi connectivity index (χ1) is 17.2. The molecule has 12 heteroatoms. The van der Waals surface area contributed by atoms with Crippen molar-refractivity contribution in [1.29, 1.82) is 0 Å². The molecular formula is C24H22AsFN4O5S. The van der Waals surface area contributed by atoms with Crippen LogP contribution in [0.2, 0.25) is 0 Å². The molecule has 0 aliphatic carbocycles. The predicted molar refractivity (Wildman–Crippen MR) is 137 cm³/mol. The predicted octanol–water partition coefficient (Wildman–Crippen LogP) is 3.74. The van der Waals surface area contributed by atoms with Gasteiger partial charge in [0.25, 0.3) is 0 Å². The van der Waals surface area contributed by atoms with Crippen molar-refractivity contribution in [3.63, 3.8) is 0 Å². The van der Waals surface area contributed by atoms with Crippen LogP contribution in [0.4, 0.5) is 10.1 Å². The molecule has 1 unspecified atom stereocenters. The van der Waals surface area contributed by atoms with Crippen LogP contribution in [-0.2, 0) is 12.4 Å². The van der Waals surface area contributed by atoms with E-state index in [0.717, 1.165) is 22.4 Å². The van der Waals surface area contributed by atoms with Gasteiger partial charge in [-0.1, -0.05) is 0 Å². The molecule has 0 fully saturated rings. The Hall–Kier alpha value is -3.47. The van der Waals surface area contributed by atoms with E-state index in [-0.39, 0.29) is 22.4 Å². The molecule has 0 spiro atoms. The minimum absolute atomic E-state index is 0.0220. The summed E-state index contributed by atoms with van der Waals surface area (Å²) in [5.41, 5.74) is 4.23. The maximum atomic E-state index is 12.9. The van der Waals surface area contributed by atoms with Gasteiger partial charge in [0.05, 0.1) is 11.9 Å². The maximum Gasteiger partial charge on any atom is 0.123 e. The fourth-order valence-electron chi connectivity index (χ4n) is 3.11. The normalized spacial score (nSPS) is 12.1. The molecule has 36 heavy (non-hydrogen) atoms. The summed E-state index contributed by atoms with van der Waals surface area (Å²) in [6, 6.07) is 16.0. The molecule has 186 valence electrons. The molecule has 0 saturated heterocycles. The van der Waals surface area contributed by atoms with E-state index >= 15 is 0 Å². The van der Waals surface area contributed by atoms with Gasteiger partial charge in [-0.05, 0) is 42.0 Å². The molecule has 0 bridgehead atoms. The van der Waals surface area contributed by atoms with E-state index < -0.39 is 14.2 Å². The SMILES string of the molecule is CC(=O)CC(=S)Nc1cccc([As](=O)(O)OO)c1.Fc1ccc(-c2[nH]ncc2-c2ccncc2)cc1. The first kappa shape index (κ1) is 27.1. The average molecular weight is 572 g/mol. The number of hydrogen-bond acceptors (Lipinski definition) is 7. The Bertz CT molecular complexity index is 1380. The zero-order chi connectivity index (χ0) is 26.1. The Morgan fingerprint density at radius 3 is 2.47 bits per heavy atom. The van der Waals surface area contributed by atoms with Gasteiger partial charge in [-0.3, -0.25) is 10.1 Å². The number of hydrogen-bond donors (Lipinski definition) is 4. The summed E-state index contributed by atoms with van der Waals surface area (Å²) in [4.78, 5) is 15.2. The molecule has 0 aliphatic rings. The van der Waals surface area contributed by atoms with Crippen LogP contribution in [0.3, 0.4) is 0 Å². The van der Waals surface area contributed by atoms with Gasteiger partial charge in [0.15, 0.2) is 0 Å². The van der Waals surface area contributed by atoms with Gasteiger partial charge in [-0.2, -0.15) is 5.10 Å². The van der Waals surface area contributed by atoms with E-state index in [2.05, 4.69) is 24.4 Å². The number of halogens is 1. The fraction of sp³-hybridized carbons (Fsp3) is 0.0833. The summed E-state index contributed by atoms with van der Waals surface area (Å²) in [6.07, 6.45) is 5.32. The Kier molecular flexibility index (Phi) is 9.40. The summed E-state index contributed by atoms with van der Waals surface area (Å²) >= 11 is 0.0764. The summed E-state index contributed by atoms with van der Waals surface area (Å²) < 4.78 is 37.3. The van der Waals surface area contributed by atoms with Crippen molar-refractivity contribution in [3.8, 4) is 22.4 Å². The molecule has 4 N–H and O–H groups in total. The number of ketones is 1. The van der Waals surface area contributed by atoms with Crippen molar-refractivity contribution in [2.24, 2.45) is 0 Å². The number of pyridine rings is 1. The fourth-order valence-corrected chi connectivity index (χ4v) is 4.84. The number of aromatic nitrogens is 3. The third kappa shape index (κ3) is 7.51. The van der Waals surface area contributed by atoms with Gasteiger partial charge in [0.2, 0.25) is 0 Å².